The first-order valence-electron chi connectivity index (χ1n) is 15.9. The van der Waals surface area contributed by atoms with Crippen molar-refractivity contribution in [1.82, 2.24) is 0 Å². The van der Waals surface area contributed by atoms with Crippen LogP contribution in [0.25, 0.3) is 28.0 Å². The van der Waals surface area contributed by atoms with Crippen LogP contribution in [0.5, 0.6) is 0 Å². The minimum atomic E-state index is -3.93. The number of carbonyl (C=O) groups excluding carboxylic acids is 1. The van der Waals surface area contributed by atoms with Crippen molar-refractivity contribution in [3.8, 4) is 11.1 Å². The number of unbranched alkanes of at least 4 members (excludes halogenated alkanes) is 4. The number of carbonyl (C=O) groups is 1. The average molecular weight is 626 g/mol. The number of anilines is 1. The molecule has 0 aliphatic rings. The van der Waals surface area contributed by atoms with Crippen LogP contribution < -0.4 is 4.72 Å². The van der Waals surface area contributed by atoms with Gasteiger partial charge in [0.25, 0.3) is 10.0 Å². The van der Waals surface area contributed by atoms with Gasteiger partial charge in [-0.3, -0.25) is 4.72 Å². The normalized spacial score (nSPS) is 12.2. The molecule has 0 atom stereocenters. The molecule has 0 fully saturated rings. The molecule has 4 aromatic carbocycles. The maximum absolute atomic E-state index is 14.2. The Morgan fingerprint density at radius 1 is 0.844 bits per heavy atom. The van der Waals surface area contributed by atoms with Gasteiger partial charge in [0.15, 0.2) is 0 Å². The summed E-state index contributed by atoms with van der Waals surface area (Å²) in [7, 11) is -3.93. The smallest absolute Gasteiger partial charge is 0.338 e. The zero-order chi connectivity index (χ0) is 32.9. The number of nitrogens with one attached hydrogen (secondary N) is 1. The first-order chi connectivity index (χ1) is 21.2. The highest BCUT2D eigenvalue weighted by molar-refractivity contribution is 7.92. The van der Waals surface area contributed by atoms with Crippen LogP contribution in [-0.4, -0.2) is 20.0 Å². The van der Waals surface area contributed by atoms with Crippen molar-refractivity contribution < 1.29 is 17.9 Å². The maximum atomic E-state index is 14.2. The number of sulfonamides is 1. The molecular formula is C39H47NO4S. The van der Waals surface area contributed by atoms with Crippen LogP contribution >= 0.6 is 0 Å². The minimum Gasteiger partial charge on any atom is -0.456 e. The van der Waals surface area contributed by atoms with Gasteiger partial charge in [-0.05, 0) is 124 Å². The molecule has 0 bridgehead atoms. The minimum absolute atomic E-state index is 0.327. The van der Waals surface area contributed by atoms with Crippen LogP contribution in [-0.2, 0) is 14.8 Å². The molecule has 0 heterocycles. The Morgan fingerprint density at radius 2 is 1.51 bits per heavy atom. The van der Waals surface area contributed by atoms with Gasteiger partial charge in [0, 0.05) is 5.39 Å². The van der Waals surface area contributed by atoms with Crippen molar-refractivity contribution >= 4 is 38.5 Å². The second-order valence-corrected chi connectivity index (χ2v) is 14.6. The Hall–Kier alpha value is -3.90. The molecule has 0 aromatic heterocycles. The Morgan fingerprint density at radius 3 is 2.16 bits per heavy atom. The summed E-state index contributed by atoms with van der Waals surface area (Å²) >= 11 is 0. The topological polar surface area (TPSA) is 72.5 Å². The molecule has 4 aromatic rings. The lowest BCUT2D eigenvalue weighted by Gasteiger charge is -2.21. The SMILES string of the molecule is CCCCCC/C=C/c1cc(-c2cccc(C(=O)OC(C)(C)C)c2)c2ccccc2c1NS(=O)(=O)c1c(C)c(C)cc(C)c1C. The van der Waals surface area contributed by atoms with E-state index in [9.17, 15) is 13.2 Å². The van der Waals surface area contributed by atoms with Gasteiger partial charge in [-0.25, -0.2) is 13.2 Å². The predicted octanol–water partition coefficient (Wildman–Crippen LogP) is 10.5. The fourth-order valence-corrected chi connectivity index (χ4v) is 7.43. The highest BCUT2D eigenvalue weighted by atomic mass is 32.2. The summed E-state index contributed by atoms with van der Waals surface area (Å²) in [5, 5.41) is 1.66. The largest absolute Gasteiger partial charge is 0.456 e. The summed E-state index contributed by atoms with van der Waals surface area (Å²) in [4.78, 5) is 13.3. The second-order valence-electron chi connectivity index (χ2n) is 13.0. The predicted molar refractivity (Wildman–Crippen MR) is 189 cm³/mol. The molecule has 45 heavy (non-hydrogen) atoms. The summed E-state index contributed by atoms with van der Waals surface area (Å²) in [6.45, 7) is 15.4. The zero-order valence-electron chi connectivity index (χ0n) is 28.0. The zero-order valence-corrected chi connectivity index (χ0v) is 28.8. The van der Waals surface area contributed by atoms with Crippen LogP contribution in [0.15, 0.2) is 71.6 Å². The molecular weight excluding hydrogens is 578 g/mol. The number of esters is 1. The van der Waals surface area contributed by atoms with Gasteiger partial charge in [0.2, 0.25) is 0 Å². The van der Waals surface area contributed by atoms with Gasteiger partial charge in [-0.15, -0.1) is 0 Å². The number of aryl methyl sites for hydroxylation is 2. The number of allylic oxidation sites excluding steroid dienone is 1. The molecule has 238 valence electrons. The van der Waals surface area contributed by atoms with E-state index < -0.39 is 15.6 Å². The lowest BCUT2D eigenvalue weighted by Crippen LogP contribution is -2.23. The highest BCUT2D eigenvalue weighted by Gasteiger charge is 2.25. The van der Waals surface area contributed by atoms with Crippen molar-refractivity contribution in [2.24, 2.45) is 0 Å². The third-order valence-electron chi connectivity index (χ3n) is 8.21. The average Bonchev–Trinajstić information content (AvgIpc) is 2.97. The molecule has 0 unspecified atom stereocenters. The number of hydrogen-bond donors (Lipinski definition) is 1. The molecule has 4 rings (SSSR count). The lowest BCUT2D eigenvalue weighted by molar-refractivity contribution is 0.00695. The van der Waals surface area contributed by atoms with Crippen LogP contribution in [0.3, 0.4) is 0 Å². The summed E-state index contributed by atoms with van der Waals surface area (Å²) in [5.41, 5.74) is 6.30. The molecule has 0 spiro atoms. The van der Waals surface area contributed by atoms with E-state index in [1.54, 1.807) is 6.07 Å². The second kappa shape index (κ2) is 14.0. The van der Waals surface area contributed by atoms with Crippen LogP contribution in [0.4, 0.5) is 5.69 Å². The van der Waals surface area contributed by atoms with E-state index in [4.69, 9.17) is 4.74 Å². The molecule has 5 nitrogen and oxygen atoms in total. The number of ether oxygens (including phenoxy) is 1. The monoisotopic (exact) mass is 625 g/mol. The summed E-state index contributed by atoms with van der Waals surface area (Å²) in [5.74, 6) is -0.385. The summed E-state index contributed by atoms with van der Waals surface area (Å²) in [6, 6.07) is 19.3. The van der Waals surface area contributed by atoms with Crippen molar-refractivity contribution in [3.63, 3.8) is 0 Å². The molecule has 0 amide bonds. The van der Waals surface area contributed by atoms with Crippen molar-refractivity contribution in [3.05, 3.63) is 100 Å². The third-order valence-corrected chi connectivity index (χ3v) is 9.83. The summed E-state index contributed by atoms with van der Waals surface area (Å²) in [6.07, 6.45) is 9.66. The number of fused-ring (bicyclic) bond motifs is 1. The first kappa shape index (κ1) is 34.0. The van der Waals surface area contributed by atoms with Gasteiger partial charge in [0.1, 0.15) is 5.60 Å². The van der Waals surface area contributed by atoms with E-state index in [2.05, 4.69) is 17.7 Å². The van der Waals surface area contributed by atoms with Gasteiger partial charge >= 0.3 is 5.97 Å². The molecule has 0 saturated carbocycles. The van der Waals surface area contributed by atoms with E-state index in [-0.39, 0.29) is 5.97 Å². The Labute approximate surface area is 269 Å². The van der Waals surface area contributed by atoms with Crippen LogP contribution in [0.1, 0.15) is 98.0 Å². The molecule has 6 heteroatoms. The maximum Gasteiger partial charge on any atom is 0.338 e. The van der Waals surface area contributed by atoms with Crippen molar-refractivity contribution in [1.29, 1.82) is 0 Å². The molecule has 0 aliphatic heterocycles. The van der Waals surface area contributed by atoms with Gasteiger partial charge in [-0.1, -0.05) is 80.8 Å². The molecule has 1 N–H and O–H groups in total. The Bertz CT molecular complexity index is 1820. The van der Waals surface area contributed by atoms with Crippen LogP contribution in [0, 0.1) is 27.7 Å². The van der Waals surface area contributed by atoms with Crippen molar-refractivity contribution in [2.45, 2.75) is 98.0 Å². The van der Waals surface area contributed by atoms with Crippen molar-refractivity contribution in [2.75, 3.05) is 4.72 Å². The number of hydrogen-bond acceptors (Lipinski definition) is 4. The Kier molecular flexibility index (Phi) is 10.6. The van der Waals surface area contributed by atoms with Gasteiger partial charge < -0.3 is 4.74 Å². The van der Waals surface area contributed by atoms with Gasteiger partial charge in [0.05, 0.1) is 16.1 Å². The fraction of sp³-hybridized carbons (Fsp3) is 0.359. The van der Waals surface area contributed by atoms with E-state index in [0.717, 1.165) is 69.0 Å². The quantitative estimate of drug-likeness (QED) is 0.133. The number of benzene rings is 4. The van der Waals surface area contributed by atoms with E-state index in [1.165, 1.54) is 12.8 Å². The first-order valence-corrected chi connectivity index (χ1v) is 17.4. The fourth-order valence-electron chi connectivity index (χ4n) is 5.70. The third kappa shape index (κ3) is 8.04. The van der Waals surface area contributed by atoms with E-state index in [0.29, 0.717) is 16.1 Å². The van der Waals surface area contributed by atoms with E-state index >= 15 is 0 Å². The Balaban J connectivity index is 1.90. The summed E-state index contributed by atoms with van der Waals surface area (Å²) < 4.78 is 37.1. The molecule has 0 aliphatic carbocycles. The molecule has 0 radical (unpaired) electrons. The lowest BCUT2D eigenvalue weighted by atomic mass is 9.93. The standard InChI is InChI=1S/C39H47NO4S/c1-9-10-11-12-13-14-18-31-25-35(30-19-17-20-32(24-30)38(41)44-39(6,7)8)33-21-15-16-22-34(33)36(31)40-45(42,43)37-28(4)26(2)23-27(3)29(37)5/h14-25,40H,9-13H2,1-8H3/b18-14+. The van der Waals surface area contributed by atoms with E-state index in [1.807, 2.05) is 109 Å². The van der Waals surface area contributed by atoms with Crippen LogP contribution in [0.2, 0.25) is 0 Å². The van der Waals surface area contributed by atoms with Gasteiger partial charge in [-0.2, -0.15) is 0 Å². The highest BCUT2D eigenvalue weighted by Crippen LogP contribution is 2.39. The number of rotatable bonds is 11. The molecule has 0 saturated heterocycles.